The minimum atomic E-state index is 0.419. The Morgan fingerprint density at radius 2 is 2.07 bits per heavy atom. The van der Waals surface area contributed by atoms with Gasteiger partial charge in [-0.3, -0.25) is 0 Å². The van der Waals surface area contributed by atoms with E-state index in [1.807, 2.05) is 24.3 Å². The molecule has 0 aliphatic rings. The average Bonchev–Trinajstić information content (AvgIpc) is 2.67. The highest BCUT2D eigenvalue weighted by Crippen LogP contribution is 2.30. The second-order valence-electron chi connectivity index (χ2n) is 2.61. The summed E-state index contributed by atoms with van der Waals surface area (Å²) in [6.45, 7) is 0. The predicted octanol–water partition coefficient (Wildman–Crippen LogP) is 3.71. The molecule has 0 saturated heterocycles. The molecule has 0 spiro atoms. The Morgan fingerprint density at radius 3 is 2.71 bits per heavy atom. The van der Waals surface area contributed by atoms with Crippen molar-refractivity contribution in [1.29, 1.82) is 0 Å². The highest BCUT2D eigenvalue weighted by atomic mass is 79.9. The normalized spacial score (nSPS) is 10.4. The monoisotopic (exact) mass is 288 g/mol. The second kappa shape index (κ2) is 4.38. The summed E-state index contributed by atoms with van der Waals surface area (Å²) in [4.78, 5) is 0. The van der Waals surface area contributed by atoms with Crippen molar-refractivity contribution in [2.45, 2.75) is 5.88 Å². The van der Waals surface area contributed by atoms with Gasteiger partial charge in [-0.2, -0.15) is 0 Å². The van der Waals surface area contributed by atoms with Gasteiger partial charge >= 0.3 is 0 Å². The number of rotatable bonds is 2. The average molecular weight is 290 g/mol. The molecule has 0 bridgehead atoms. The fraction of sp³-hybridized carbons (Fsp3) is 0.111. The number of hydrogen-bond acceptors (Lipinski definition) is 3. The third-order valence-corrected chi connectivity index (χ3v) is 3.75. The van der Waals surface area contributed by atoms with Crippen LogP contribution in [0, 0.1) is 0 Å². The number of halogens is 2. The summed E-state index contributed by atoms with van der Waals surface area (Å²) in [7, 11) is 0. The molecular formula is C9H6BrClN2S. The van der Waals surface area contributed by atoms with Gasteiger partial charge in [-0.05, 0) is 6.07 Å². The van der Waals surface area contributed by atoms with Gasteiger partial charge in [0.05, 0.1) is 5.88 Å². The largest absolute Gasteiger partial charge is 0.148 e. The number of nitrogens with zero attached hydrogens (tertiary/aromatic N) is 2. The maximum Gasteiger partial charge on any atom is 0.148 e. The van der Waals surface area contributed by atoms with Crippen molar-refractivity contribution in [3.8, 4) is 10.6 Å². The smallest absolute Gasteiger partial charge is 0.142 e. The van der Waals surface area contributed by atoms with Crippen LogP contribution in [0.3, 0.4) is 0 Å². The van der Waals surface area contributed by atoms with E-state index in [4.69, 9.17) is 11.6 Å². The first-order valence-electron chi connectivity index (χ1n) is 3.94. The topological polar surface area (TPSA) is 25.8 Å². The summed E-state index contributed by atoms with van der Waals surface area (Å²) < 4.78 is 1.03. The molecule has 72 valence electrons. The van der Waals surface area contributed by atoms with Crippen LogP contribution in [0.5, 0.6) is 0 Å². The fourth-order valence-corrected chi connectivity index (χ4v) is 2.60. The molecule has 1 heterocycles. The maximum absolute atomic E-state index is 5.66. The Bertz CT molecular complexity index is 444. The number of benzene rings is 1. The first-order chi connectivity index (χ1) is 6.81. The molecule has 0 aliphatic carbocycles. The first-order valence-corrected chi connectivity index (χ1v) is 6.09. The van der Waals surface area contributed by atoms with Crippen LogP contribution in [-0.4, -0.2) is 10.2 Å². The predicted molar refractivity (Wildman–Crippen MR) is 62.6 cm³/mol. The summed E-state index contributed by atoms with van der Waals surface area (Å²) in [6.07, 6.45) is 0. The minimum absolute atomic E-state index is 0.419. The van der Waals surface area contributed by atoms with Crippen LogP contribution in [0.25, 0.3) is 10.6 Å². The van der Waals surface area contributed by atoms with E-state index in [-0.39, 0.29) is 0 Å². The molecule has 1 aromatic heterocycles. The molecule has 0 radical (unpaired) electrons. The van der Waals surface area contributed by atoms with Gasteiger partial charge in [-0.15, -0.1) is 21.8 Å². The Kier molecular flexibility index (Phi) is 3.15. The number of aromatic nitrogens is 2. The van der Waals surface area contributed by atoms with Gasteiger partial charge in [-0.25, -0.2) is 0 Å². The van der Waals surface area contributed by atoms with E-state index < -0.39 is 0 Å². The fourth-order valence-electron chi connectivity index (χ4n) is 1.05. The van der Waals surface area contributed by atoms with Gasteiger partial charge in [0.25, 0.3) is 0 Å². The second-order valence-corrected chi connectivity index (χ2v) is 4.80. The molecular weight excluding hydrogens is 284 g/mol. The van der Waals surface area contributed by atoms with Crippen LogP contribution in [-0.2, 0) is 5.88 Å². The van der Waals surface area contributed by atoms with Crippen molar-refractivity contribution < 1.29 is 0 Å². The van der Waals surface area contributed by atoms with Crippen molar-refractivity contribution in [3.05, 3.63) is 33.7 Å². The lowest BCUT2D eigenvalue weighted by atomic mass is 10.2. The van der Waals surface area contributed by atoms with Crippen molar-refractivity contribution in [2.24, 2.45) is 0 Å². The quantitative estimate of drug-likeness (QED) is 0.788. The summed E-state index contributed by atoms with van der Waals surface area (Å²) in [5.74, 6) is 0.419. The van der Waals surface area contributed by atoms with E-state index in [9.17, 15) is 0 Å². The van der Waals surface area contributed by atoms with E-state index in [0.29, 0.717) is 5.88 Å². The van der Waals surface area contributed by atoms with Crippen LogP contribution in [0.1, 0.15) is 5.01 Å². The molecule has 0 unspecified atom stereocenters. The summed E-state index contributed by atoms with van der Waals surface area (Å²) in [6, 6.07) is 7.93. The minimum Gasteiger partial charge on any atom is -0.142 e. The van der Waals surface area contributed by atoms with Gasteiger partial charge in [0.1, 0.15) is 10.0 Å². The summed E-state index contributed by atoms with van der Waals surface area (Å²) in [5.41, 5.74) is 1.06. The third-order valence-electron chi connectivity index (χ3n) is 1.69. The van der Waals surface area contributed by atoms with Crippen molar-refractivity contribution in [2.75, 3.05) is 0 Å². The Labute approximate surface area is 99.1 Å². The van der Waals surface area contributed by atoms with E-state index in [1.165, 1.54) is 11.3 Å². The Balaban J connectivity index is 2.44. The van der Waals surface area contributed by atoms with Gasteiger partial charge in [0.15, 0.2) is 0 Å². The highest BCUT2D eigenvalue weighted by molar-refractivity contribution is 9.10. The highest BCUT2D eigenvalue weighted by Gasteiger charge is 2.08. The van der Waals surface area contributed by atoms with Gasteiger partial charge in [0, 0.05) is 10.0 Å². The van der Waals surface area contributed by atoms with E-state index in [2.05, 4.69) is 26.1 Å². The lowest BCUT2D eigenvalue weighted by Gasteiger charge is -1.97. The lowest BCUT2D eigenvalue weighted by Crippen LogP contribution is -1.78. The van der Waals surface area contributed by atoms with Crippen LogP contribution in [0.15, 0.2) is 28.7 Å². The van der Waals surface area contributed by atoms with Gasteiger partial charge in [-0.1, -0.05) is 45.5 Å². The zero-order valence-electron chi connectivity index (χ0n) is 7.08. The molecule has 0 N–H and O–H groups in total. The zero-order chi connectivity index (χ0) is 9.97. The zero-order valence-corrected chi connectivity index (χ0v) is 10.2. The van der Waals surface area contributed by atoms with Crippen molar-refractivity contribution >= 4 is 38.9 Å². The molecule has 2 aromatic rings. The van der Waals surface area contributed by atoms with E-state index in [1.54, 1.807) is 0 Å². The SMILES string of the molecule is ClCc1nnc(-c2ccccc2Br)s1. The van der Waals surface area contributed by atoms with E-state index >= 15 is 0 Å². The Morgan fingerprint density at radius 1 is 1.29 bits per heavy atom. The van der Waals surface area contributed by atoms with Gasteiger partial charge in [0.2, 0.25) is 0 Å². The van der Waals surface area contributed by atoms with Crippen LogP contribution < -0.4 is 0 Å². The first kappa shape index (κ1) is 10.1. The molecule has 0 fully saturated rings. The summed E-state index contributed by atoms with van der Waals surface area (Å²) >= 11 is 10.6. The molecule has 14 heavy (non-hydrogen) atoms. The van der Waals surface area contributed by atoms with Crippen LogP contribution in [0.4, 0.5) is 0 Å². The van der Waals surface area contributed by atoms with Crippen molar-refractivity contribution in [1.82, 2.24) is 10.2 Å². The molecule has 1 aromatic carbocycles. The molecule has 5 heteroatoms. The molecule has 2 nitrogen and oxygen atoms in total. The molecule has 0 amide bonds. The molecule has 0 saturated carbocycles. The number of alkyl halides is 1. The number of hydrogen-bond donors (Lipinski definition) is 0. The van der Waals surface area contributed by atoms with Crippen LogP contribution in [0.2, 0.25) is 0 Å². The van der Waals surface area contributed by atoms with Gasteiger partial charge < -0.3 is 0 Å². The maximum atomic E-state index is 5.66. The van der Waals surface area contributed by atoms with E-state index in [0.717, 1.165) is 20.1 Å². The standard InChI is InChI=1S/C9H6BrClN2S/c10-7-4-2-1-3-6(7)9-13-12-8(5-11)14-9/h1-4H,5H2. The molecule has 0 atom stereocenters. The lowest BCUT2D eigenvalue weighted by molar-refractivity contribution is 1.04. The van der Waals surface area contributed by atoms with Crippen LogP contribution >= 0.6 is 38.9 Å². The molecule has 0 aliphatic heterocycles. The Hall–Kier alpha value is -0.450. The molecule has 2 rings (SSSR count). The summed E-state index contributed by atoms with van der Waals surface area (Å²) in [5, 5.41) is 9.78. The third kappa shape index (κ3) is 1.97. The van der Waals surface area contributed by atoms with Crippen molar-refractivity contribution in [3.63, 3.8) is 0 Å².